The van der Waals surface area contributed by atoms with Gasteiger partial charge in [-0.15, -0.1) is 11.3 Å². The molecule has 1 amide bonds. The van der Waals surface area contributed by atoms with Crippen LogP contribution in [0.15, 0.2) is 5.38 Å². The van der Waals surface area contributed by atoms with Crippen LogP contribution in [0.2, 0.25) is 0 Å². The quantitative estimate of drug-likeness (QED) is 0.421. The van der Waals surface area contributed by atoms with Gasteiger partial charge in [0.15, 0.2) is 16.8 Å². The van der Waals surface area contributed by atoms with E-state index in [9.17, 15) is 9.59 Å². The number of nitrogens with two attached hydrogens (primary N) is 2. The number of rotatable bonds is 5. The maximum Gasteiger partial charge on any atom is 0.268 e. The standard InChI is InChI=1S/C13H19N5O2S/c14-11(20)9-7-21-12(17-9)10(19)2-1-8-3-5-18(6-4-8)13(15)16/h7-8H,1-6H2,(H2,14,20)(H3,15,16). The molecule has 2 rings (SSSR count). The van der Waals surface area contributed by atoms with Gasteiger partial charge in [-0.2, -0.15) is 0 Å². The zero-order valence-electron chi connectivity index (χ0n) is 11.7. The highest BCUT2D eigenvalue weighted by Crippen LogP contribution is 2.23. The summed E-state index contributed by atoms with van der Waals surface area (Å²) in [4.78, 5) is 28.8. The Morgan fingerprint density at radius 2 is 2.05 bits per heavy atom. The van der Waals surface area contributed by atoms with Crippen LogP contribution in [0, 0.1) is 11.3 Å². The summed E-state index contributed by atoms with van der Waals surface area (Å²) in [6.45, 7) is 1.55. The van der Waals surface area contributed by atoms with E-state index < -0.39 is 5.91 Å². The Morgan fingerprint density at radius 1 is 1.38 bits per heavy atom. The average Bonchev–Trinajstić information content (AvgIpc) is 2.95. The largest absolute Gasteiger partial charge is 0.370 e. The molecule has 8 heteroatoms. The Bertz CT molecular complexity index is 549. The molecule has 1 aliphatic heterocycles. The third-order valence-electron chi connectivity index (χ3n) is 3.73. The van der Waals surface area contributed by atoms with E-state index in [0.717, 1.165) is 43.7 Å². The number of ketones is 1. The molecule has 1 aromatic rings. The predicted molar refractivity (Wildman–Crippen MR) is 80.4 cm³/mol. The highest BCUT2D eigenvalue weighted by atomic mass is 32.1. The molecule has 0 aromatic carbocycles. The number of nitrogens with one attached hydrogen (secondary N) is 1. The van der Waals surface area contributed by atoms with E-state index in [1.54, 1.807) is 0 Å². The smallest absolute Gasteiger partial charge is 0.268 e. The molecule has 1 saturated heterocycles. The van der Waals surface area contributed by atoms with Crippen molar-refractivity contribution in [3.8, 4) is 0 Å². The normalized spacial score (nSPS) is 15.9. The van der Waals surface area contributed by atoms with E-state index in [1.807, 2.05) is 4.90 Å². The van der Waals surface area contributed by atoms with Gasteiger partial charge < -0.3 is 16.4 Å². The number of Topliss-reactive ketones (excluding diaryl/α,β-unsaturated/α-hetero) is 1. The Labute approximate surface area is 126 Å². The first kappa shape index (κ1) is 15.4. The minimum absolute atomic E-state index is 0.0403. The van der Waals surface area contributed by atoms with E-state index in [4.69, 9.17) is 16.9 Å². The molecule has 1 fully saturated rings. The van der Waals surface area contributed by atoms with Gasteiger partial charge in [0.25, 0.3) is 5.91 Å². The van der Waals surface area contributed by atoms with Crippen LogP contribution < -0.4 is 11.5 Å². The number of likely N-dealkylation sites (tertiary alicyclic amines) is 1. The van der Waals surface area contributed by atoms with Crippen molar-refractivity contribution in [2.24, 2.45) is 17.4 Å². The SMILES string of the molecule is N=C(N)N1CCC(CCC(=O)c2nc(C(N)=O)cs2)CC1. The number of primary amides is 1. The van der Waals surface area contributed by atoms with Crippen LogP contribution in [-0.2, 0) is 0 Å². The second-order valence-electron chi connectivity index (χ2n) is 5.18. The summed E-state index contributed by atoms with van der Waals surface area (Å²) < 4.78 is 0. The summed E-state index contributed by atoms with van der Waals surface area (Å²) in [5, 5.41) is 9.25. The summed E-state index contributed by atoms with van der Waals surface area (Å²) in [5.41, 5.74) is 10.7. The molecule has 21 heavy (non-hydrogen) atoms. The lowest BCUT2D eigenvalue weighted by Gasteiger charge is -2.32. The number of thiazole rings is 1. The third kappa shape index (κ3) is 4.01. The second kappa shape index (κ2) is 6.66. The molecule has 0 aliphatic carbocycles. The van der Waals surface area contributed by atoms with Gasteiger partial charge in [0.1, 0.15) is 5.69 Å². The van der Waals surface area contributed by atoms with Crippen molar-refractivity contribution in [2.75, 3.05) is 13.1 Å². The molecule has 0 saturated carbocycles. The van der Waals surface area contributed by atoms with Gasteiger partial charge in [-0.3, -0.25) is 15.0 Å². The number of aromatic nitrogens is 1. The van der Waals surface area contributed by atoms with Crippen LogP contribution in [0.25, 0.3) is 0 Å². The first-order chi connectivity index (χ1) is 9.97. The van der Waals surface area contributed by atoms with Crippen molar-refractivity contribution in [3.05, 3.63) is 16.1 Å². The molecule has 0 radical (unpaired) electrons. The van der Waals surface area contributed by atoms with E-state index in [-0.39, 0.29) is 17.4 Å². The van der Waals surface area contributed by atoms with Crippen LogP contribution in [0.3, 0.4) is 0 Å². The summed E-state index contributed by atoms with van der Waals surface area (Å²) in [6.07, 6.45) is 3.11. The highest BCUT2D eigenvalue weighted by Gasteiger charge is 2.21. The summed E-state index contributed by atoms with van der Waals surface area (Å²) >= 11 is 1.16. The number of amides is 1. The van der Waals surface area contributed by atoms with Gasteiger partial charge in [0.2, 0.25) is 0 Å². The Hall–Kier alpha value is -1.96. The minimum Gasteiger partial charge on any atom is -0.370 e. The van der Waals surface area contributed by atoms with Crippen molar-refractivity contribution in [3.63, 3.8) is 0 Å². The summed E-state index contributed by atoms with van der Waals surface area (Å²) in [5.74, 6) is -0.0604. The molecule has 114 valence electrons. The third-order valence-corrected chi connectivity index (χ3v) is 4.61. The van der Waals surface area contributed by atoms with Crippen LogP contribution in [0.1, 0.15) is 46.0 Å². The Balaban J connectivity index is 1.79. The monoisotopic (exact) mass is 309 g/mol. The molecule has 0 unspecified atom stereocenters. The van der Waals surface area contributed by atoms with E-state index >= 15 is 0 Å². The molecule has 1 aromatic heterocycles. The fourth-order valence-electron chi connectivity index (χ4n) is 2.42. The maximum absolute atomic E-state index is 12.0. The number of piperidine rings is 1. The number of nitrogens with zero attached hydrogens (tertiary/aromatic N) is 2. The zero-order chi connectivity index (χ0) is 15.4. The second-order valence-corrected chi connectivity index (χ2v) is 6.04. The lowest BCUT2D eigenvalue weighted by molar-refractivity contribution is 0.0967. The predicted octanol–water partition coefficient (Wildman–Crippen LogP) is 0.810. The van der Waals surface area contributed by atoms with E-state index in [0.29, 0.717) is 17.3 Å². The fraction of sp³-hybridized carbons (Fsp3) is 0.538. The highest BCUT2D eigenvalue weighted by molar-refractivity contribution is 7.11. The average molecular weight is 309 g/mol. The zero-order valence-corrected chi connectivity index (χ0v) is 12.5. The summed E-state index contributed by atoms with van der Waals surface area (Å²) in [6, 6.07) is 0. The molecule has 7 nitrogen and oxygen atoms in total. The van der Waals surface area contributed by atoms with Crippen molar-refractivity contribution in [1.82, 2.24) is 9.88 Å². The van der Waals surface area contributed by atoms with Crippen molar-refractivity contribution < 1.29 is 9.59 Å². The molecule has 0 atom stereocenters. The number of carbonyl (C=O) groups excluding carboxylic acids is 2. The molecule has 0 bridgehead atoms. The maximum atomic E-state index is 12.0. The van der Waals surface area contributed by atoms with Crippen LogP contribution in [0.4, 0.5) is 0 Å². The van der Waals surface area contributed by atoms with Crippen LogP contribution in [0.5, 0.6) is 0 Å². The Kier molecular flexibility index (Phi) is 4.89. The van der Waals surface area contributed by atoms with Gasteiger partial charge in [0.05, 0.1) is 0 Å². The van der Waals surface area contributed by atoms with Crippen molar-refractivity contribution >= 4 is 29.0 Å². The summed E-state index contributed by atoms with van der Waals surface area (Å²) in [7, 11) is 0. The minimum atomic E-state index is -0.609. The van der Waals surface area contributed by atoms with Gasteiger partial charge in [-0.25, -0.2) is 4.98 Å². The first-order valence-electron chi connectivity index (χ1n) is 6.85. The van der Waals surface area contributed by atoms with E-state index in [2.05, 4.69) is 4.98 Å². The van der Waals surface area contributed by atoms with Gasteiger partial charge in [-0.05, 0) is 25.2 Å². The van der Waals surface area contributed by atoms with E-state index in [1.165, 1.54) is 5.38 Å². The molecule has 0 spiro atoms. The first-order valence-corrected chi connectivity index (χ1v) is 7.73. The van der Waals surface area contributed by atoms with Gasteiger partial charge in [-0.1, -0.05) is 0 Å². The number of carbonyl (C=O) groups is 2. The fourth-order valence-corrected chi connectivity index (χ4v) is 3.20. The number of guanidine groups is 1. The number of hydrogen-bond donors (Lipinski definition) is 3. The van der Waals surface area contributed by atoms with Crippen molar-refractivity contribution in [2.45, 2.75) is 25.7 Å². The molecule has 2 heterocycles. The lowest BCUT2D eigenvalue weighted by Crippen LogP contribution is -2.42. The number of hydrogen-bond acceptors (Lipinski definition) is 5. The molecule has 1 aliphatic rings. The Morgan fingerprint density at radius 3 is 2.57 bits per heavy atom. The van der Waals surface area contributed by atoms with Gasteiger partial charge >= 0.3 is 0 Å². The lowest BCUT2D eigenvalue weighted by atomic mass is 9.91. The molecular formula is C13H19N5O2S. The molecular weight excluding hydrogens is 290 g/mol. The van der Waals surface area contributed by atoms with Crippen molar-refractivity contribution in [1.29, 1.82) is 5.41 Å². The topological polar surface area (TPSA) is 126 Å². The van der Waals surface area contributed by atoms with Crippen LogP contribution >= 0.6 is 11.3 Å². The van der Waals surface area contributed by atoms with Gasteiger partial charge in [0, 0.05) is 24.9 Å². The molecule has 5 N–H and O–H groups in total. The van der Waals surface area contributed by atoms with Crippen LogP contribution in [-0.4, -0.2) is 40.6 Å².